The van der Waals surface area contributed by atoms with Crippen LogP contribution in [0.3, 0.4) is 0 Å². The molecule has 5 nitrogen and oxygen atoms in total. The van der Waals surface area contributed by atoms with Gasteiger partial charge in [0.2, 0.25) is 0 Å². The smallest absolute Gasteiger partial charge is 0.122 e. The highest BCUT2D eigenvalue weighted by atomic mass is 16.5. The summed E-state index contributed by atoms with van der Waals surface area (Å²) in [6.45, 7) is 11.5. The third kappa shape index (κ3) is 7.20. The summed E-state index contributed by atoms with van der Waals surface area (Å²) in [6.07, 6.45) is 5.13. The molecule has 2 aliphatic heterocycles. The zero-order valence-corrected chi connectivity index (χ0v) is 20.4. The van der Waals surface area contributed by atoms with Crippen LogP contribution in [0.25, 0.3) is 0 Å². The zero-order valence-electron chi connectivity index (χ0n) is 20.4. The molecule has 0 aliphatic carbocycles. The van der Waals surface area contributed by atoms with E-state index in [9.17, 15) is 5.11 Å². The fourth-order valence-corrected chi connectivity index (χ4v) is 4.96. The molecule has 4 rings (SSSR count). The second-order valence-corrected chi connectivity index (χ2v) is 9.95. The molecule has 2 heterocycles. The quantitative estimate of drug-likeness (QED) is 0.604. The number of hydrogen-bond acceptors (Lipinski definition) is 5. The van der Waals surface area contributed by atoms with Crippen LogP contribution in [0.4, 0.5) is 0 Å². The average Bonchev–Trinajstić information content (AvgIpc) is 3.25. The van der Waals surface area contributed by atoms with Gasteiger partial charge >= 0.3 is 0 Å². The number of benzene rings is 2. The van der Waals surface area contributed by atoms with E-state index in [-0.39, 0.29) is 0 Å². The van der Waals surface area contributed by atoms with E-state index in [0.29, 0.717) is 6.61 Å². The first kappa shape index (κ1) is 24.1. The lowest BCUT2D eigenvalue weighted by molar-refractivity contribution is -0.0170. The molecule has 0 bridgehead atoms. The number of ether oxygens (including phenoxy) is 2. The van der Waals surface area contributed by atoms with E-state index in [1.807, 2.05) is 6.07 Å². The molecule has 33 heavy (non-hydrogen) atoms. The van der Waals surface area contributed by atoms with Crippen molar-refractivity contribution in [1.82, 2.24) is 9.80 Å². The van der Waals surface area contributed by atoms with Crippen LogP contribution in [0, 0.1) is 13.8 Å². The topological polar surface area (TPSA) is 45.2 Å². The molecule has 0 radical (unpaired) electrons. The molecule has 180 valence electrons. The summed E-state index contributed by atoms with van der Waals surface area (Å²) in [6, 6.07) is 14.7. The Balaban J connectivity index is 1.22. The Kier molecular flexibility index (Phi) is 8.29. The van der Waals surface area contributed by atoms with Gasteiger partial charge in [0.1, 0.15) is 24.7 Å². The summed E-state index contributed by atoms with van der Waals surface area (Å²) < 4.78 is 12.0. The third-order valence-corrected chi connectivity index (χ3v) is 7.04. The molecule has 0 unspecified atom stereocenters. The van der Waals surface area contributed by atoms with E-state index in [4.69, 9.17) is 9.47 Å². The SMILES string of the molecule is Cc1ccc(OC[C@@]2(O)CCCN(Cc3ccc(OCCN4CCCC4)cc3)CC2)c(C)c1. The first-order valence-electron chi connectivity index (χ1n) is 12.6. The molecule has 2 aromatic carbocycles. The number of nitrogens with zero attached hydrogens (tertiary/aromatic N) is 2. The highest BCUT2D eigenvalue weighted by molar-refractivity contribution is 5.35. The van der Waals surface area contributed by atoms with E-state index in [0.717, 1.165) is 69.1 Å². The third-order valence-electron chi connectivity index (χ3n) is 7.04. The van der Waals surface area contributed by atoms with Crippen molar-refractivity contribution >= 4 is 0 Å². The Morgan fingerprint density at radius 3 is 2.36 bits per heavy atom. The van der Waals surface area contributed by atoms with Crippen molar-refractivity contribution in [2.24, 2.45) is 0 Å². The van der Waals surface area contributed by atoms with Crippen molar-refractivity contribution in [2.45, 2.75) is 58.1 Å². The summed E-state index contributed by atoms with van der Waals surface area (Å²) in [7, 11) is 0. The fraction of sp³-hybridized carbons (Fsp3) is 0.571. The summed E-state index contributed by atoms with van der Waals surface area (Å²) in [5.41, 5.74) is 2.88. The van der Waals surface area contributed by atoms with Gasteiger partial charge in [0.05, 0.1) is 5.60 Å². The maximum atomic E-state index is 11.2. The van der Waals surface area contributed by atoms with Crippen LogP contribution in [0.5, 0.6) is 11.5 Å². The van der Waals surface area contributed by atoms with Gasteiger partial charge in [0, 0.05) is 19.6 Å². The van der Waals surface area contributed by atoms with E-state index < -0.39 is 5.60 Å². The fourth-order valence-electron chi connectivity index (χ4n) is 4.96. The molecular weight excluding hydrogens is 412 g/mol. The first-order valence-corrected chi connectivity index (χ1v) is 12.6. The van der Waals surface area contributed by atoms with Crippen molar-refractivity contribution in [2.75, 3.05) is 45.9 Å². The molecule has 0 spiro atoms. The van der Waals surface area contributed by atoms with E-state index in [1.165, 1.54) is 37.1 Å². The van der Waals surface area contributed by atoms with Crippen LogP contribution < -0.4 is 9.47 Å². The Labute approximate surface area is 199 Å². The van der Waals surface area contributed by atoms with Crippen molar-refractivity contribution in [3.8, 4) is 11.5 Å². The Morgan fingerprint density at radius 1 is 0.848 bits per heavy atom. The van der Waals surface area contributed by atoms with Crippen molar-refractivity contribution in [3.05, 3.63) is 59.2 Å². The molecule has 2 aromatic rings. The predicted molar refractivity (Wildman–Crippen MR) is 133 cm³/mol. The molecule has 5 heteroatoms. The number of aliphatic hydroxyl groups is 1. The van der Waals surface area contributed by atoms with E-state index >= 15 is 0 Å². The van der Waals surface area contributed by atoms with Gasteiger partial charge in [-0.25, -0.2) is 0 Å². The minimum absolute atomic E-state index is 0.355. The lowest BCUT2D eigenvalue weighted by atomic mass is 9.96. The Morgan fingerprint density at radius 2 is 1.61 bits per heavy atom. The molecule has 1 N–H and O–H groups in total. The second-order valence-electron chi connectivity index (χ2n) is 9.95. The molecule has 1 atom stereocenters. The van der Waals surface area contributed by atoms with Gasteiger partial charge < -0.3 is 14.6 Å². The largest absolute Gasteiger partial charge is 0.492 e. The second kappa shape index (κ2) is 11.4. The molecule has 0 saturated carbocycles. The standard InChI is InChI=1S/C28H40N2O3/c1-23-6-11-27(24(2)20-23)33-22-28(31)12-5-16-30(17-13-28)21-25-7-9-26(10-8-25)32-19-18-29-14-3-4-15-29/h6-11,20,31H,3-5,12-19,21-22H2,1-2H3/t28-/m1/s1. The van der Waals surface area contributed by atoms with Crippen LogP contribution in [0.1, 0.15) is 48.8 Å². The molecule has 2 aliphatic rings. The highest BCUT2D eigenvalue weighted by Gasteiger charge is 2.31. The minimum atomic E-state index is -0.765. The van der Waals surface area contributed by atoms with Crippen LogP contribution >= 0.6 is 0 Å². The normalized spacial score (nSPS) is 22.3. The summed E-state index contributed by atoms with van der Waals surface area (Å²) >= 11 is 0. The minimum Gasteiger partial charge on any atom is -0.492 e. The van der Waals surface area contributed by atoms with Gasteiger partial charge in [-0.2, -0.15) is 0 Å². The van der Waals surface area contributed by atoms with Crippen LogP contribution in [0.15, 0.2) is 42.5 Å². The number of aryl methyl sites for hydroxylation is 2. The Bertz CT molecular complexity index is 879. The van der Waals surface area contributed by atoms with Crippen LogP contribution in [0.2, 0.25) is 0 Å². The van der Waals surface area contributed by atoms with Crippen LogP contribution in [-0.2, 0) is 6.54 Å². The summed E-state index contributed by atoms with van der Waals surface area (Å²) in [4.78, 5) is 4.92. The van der Waals surface area contributed by atoms with Gasteiger partial charge in [-0.1, -0.05) is 29.8 Å². The maximum absolute atomic E-state index is 11.2. The number of rotatable bonds is 9. The summed E-state index contributed by atoms with van der Waals surface area (Å²) in [5.74, 6) is 1.82. The van der Waals surface area contributed by atoms with Crippen molar-refractivity contribution in [1.29, 1.82) is 0 Å². The van der Waals surface area contributed by atoms with E-state index in [1.54, 1.807) is 0 Å². The van der Waals surface area contributed by atoms with Crippen molar-refractivity contribution in [3.63, 3.8) is 0 Å². The molecule has 0 amide bonds. The molecule has 2 saturated heterocycles. The zero-order chi connectivity index (χ0) is 23.1. The number of likely N-dealkylation sites (tertiary alicyclic amines) is 2. The van der Waals surface area contributed by atoms with Gasteiger partial charge in [0.25, 0.3) is 0 Å². The van der Waals surface area contributed by atoms with Gasteiger partial charge in [-0.05, 0) is 94.9 Å². The summed E-state index contributed by atoms with van der Waals surface area (Å²) in [5, 5.41) is 11.2. The Hall–Kier alpha value is -2.08. The van der Waals surface area contributed by atoms with Gasteiger partial charge in [0.15, 0.2) is 0 Å². The lowest BCUT2D eigenvalue weighted by Gasteiger charge is -2.27. The molecular formula is C28H40N2O3. The van der Waals surface area contributed by atoms with Gasteiger partial charge in [-0.15, -0.1) is 0 Å². The monoisotopic (exact) mass is 452 g/mol. The first-order chi connectivity index (χ1) is 16.0. The predicted octanol–water partition coefficient (Wildman–Crippen LogP) is 4.57. The van der Waals surface area contributed by atoms with Crippen molar-refractivity contribution < 1.29 is 14.6 Å². The van der Waals surface area contributed by atoms with Gasteiger partial charge in [-0.3, -0.25) is 9.80 Å². The van der Waals surface area contributed by atoms with E-state index in [2.05, 4.69) is 60.0 Å². The maximum Gasteiger partial charge on any atom is 0.122 e. The number of hydrogen-bond donors (Lipinski definition) is 1. The van der Waals surface area contributed by atoms with Crippen LogP contribution in [-0.4, -0.2) is 66.4 Å². The molecule has 0 aromatic heterocycles. The highest BCUT2D eigenvalue weighted by Crippen LogP contribution is 2.27. The lowest BCUT2D eigenvalue weighted by Crippen LogP contribution is -2.37. The average molecular weight is 453 g/mol. The molecule has 2 fully saturated rings.